The van der Waals surface area contributed by atoms with E-state index in [-0.39, 0.29) is 0 Å². The van der Waals surface area contributed by atoms with Gasteiger partial charge in [-0.3, -0.25) is 10.1 Å². The Kier molecular flexibility index (Phi) is 5.19. The van der Waals surface area contributed by atoms with Crippen LogP contribution in [-0.2, 0) is 9.05 Å². The maximum absolute atomic E-state index is 10.8. The van der Waals surface area contributed by atoms with Gasteiger partial charge >= 0.3 is 0 Å². The molecule has 16 heavy (non-hydrogen) atoms. The fraction of sp³-hybridized carbons (Fsp3) is 0.250. The molecule has 1 N–H and O–H groups in total. The van der Waals surface area contributed by atoms with Crippen LogP contribution in [0, 0.1) is 10.1 Å². The van der Waals surface area contributed by atoms with Crippen molar-refractivity contribution in [2.24, 2.45) is 0 Å². The first-order valence-corrected chi connectivity index (χ1v) is 6.55. The number of nitrogens with zero attached hydrogens (tertiary/aromatic N) is 1. The van der Waals surface area contributed by atoms with Crippen LogP contribution >= 0.6 is 10.7 Å². The average molecular weight is 268 g/mol. The van der Waals surface area contributed by atoms with Gasteiger partial charge in [0.25, 0.3) is 14.7 Å². The number of hydrogen-bond donors (Lipinski definition) is 1. The average Bonchev–Trinajstić information content (AvgIpc) is 2.18. The molecule has 0 saturated carbocycles. The van der Waals surface area contributed by atoms with E-state index in [1.54, 1.807) is 0 Å². The maximum atomic E-state index is 10.8. The molecular weight excluding hydrogens is 258 g/mol. The summed E-state index contributed by atoms with van der Waals surface area (Å²) in [6, 6.07) is 2.53. The minimum atomic E-state index is -4.08. The Morgan fingerprint density at radius 1 is 1.38 bits per heavy atom. The second-order valence-electron chi connectivity index (χ2n) is 2.35. The van der Waals surface area contributed by atoms with Gasteiger partial charge in [-0.05, 0) is 6.07 Å². The predicted molar refractivity (Wildman–Crippen MR) is 59.1 cm³/mol. The highest BCUT2D eigenvalue weighted by atomic mass is 35.7. The van der Waals surface area contributed by atoms with Crippen molar-refractivity contribution in [3.05, 3.63) is 28.3 Å². The summed E-state index contributed by atoms with van der Waals surface area (Å²) in [5.41, 5.74) is -0.411. The molecule has 8 heteroatoms. The number of halogens is 1. The van der Waals surface area contributed by atoms with E-state index in [2.05, 4.69) is 0 Å². The van der Waals surface area contributed by atoms with Gasteiger partial charge in [0.1, 0.15) is 10.6 Å². The van der Waals surface area contributed by atoms with Crippen LogP contribution < -0.4 is 0 Å². The Labute approximate surface area is 97.0 Å². The number of benzene rings is 1. The van der Waals surface area contributed by atoms with Crippen molar-refractivity contribution in [2.45, 2.75) is 18.7 Å². The van der Waals surface area contributed by atoms with E-state index in [0.29, 0.717) is 0 Å². The standard InChI is InChI=1S/C6H4ClNO5S.C2H6/c7-14(12,13)6-2-1-4(8(10)11)3-5(6)9;1-2/h1-3,9H;1-2H3. The van der Waals surface area contributed by atoms with Crippen molar-refractivity contribution in [3.8, 4) is 5.75 Å². The van der Waals surface area contributed by atoms with Gasteiger partial charge in [0.05, 0.1) is 11.0 Å². The number of rotatable bonds is 2. The molecule has 0 aliphatic heterocycles. The molecule has 90 valence electrons. The summed E-state index contributed by atoms with van der Waals surface area (Å²) < 4.78 is 21.5. The van der Waals surface area contributed by atoms with Crippen molar-refractivity contribution in [3.63, 3.8) is 0 Å². The van der Waals surface area contributed by atoms with E-state index >= 15 is 0 Å². The fourth-order valence-electron chi connectivity index (χ4n) is 0.826. The minimum Gasteiger partial charge on any atom is -0.506 e. The van der Waals surface area contributed by atoms with E-state index in [1.165, 1.54) is 0 Å². The molecule has 1 aromatic carbocycles. The summed E-state index contributed by atoms with van der Waals surface area (Å²) in [5.74, 6) is -0.741. The molecule has 0 atom stereocenters. The van der Waals surface area contributed by atoms with Crippen LogP contribution in [0.2, 0.25) is 0 Å². The predicted octanol–water partition coefficient (Wildman–Crippen LogP) is 2.25. The monoisotopic (exact) mass is 267 g/mol. The highest BCUT2D eigenvalue weighted by Gasteiger charge is 2.18. The second kappa shape index (κ2) is 5.66. The summed E-state index contributed by atoms with van der Waals surface area (Å²) in [5, 5.41) is 19.3. The van der Waals surface area contributed by atoms with E-state index in [4.69, 9.17) is 15.8 Å². The lowest BCUT2D eigenvalue weighted by Gasteiger charge is -1.99. The van der Waals surface area contributed by atoms with Gasteiger partial charge in [0, 0.05) is 16.7 Å². The molecule has 1 aromatic rings. The number of nitro groups is 1. The molecule has 0 amide bonds. The topological polar surface area (TPSA) is 97.5 Å². The number of nitro benzene ring substituents is 1. The Balaban J connectivity index is 0.00000106. The fourth-order valence-corrected chi connectivity index (χ4v) is 1.76. The Bertz CT molecular complexity index is 485. The molecule has 0 aromatic heterocycles. The highest BCUT2D eigenvalue weighted by Crippen LogP contribution is 2.29. The number of aromatic hydroxyl groups is 1. The third-order valence-corrected chi connectivity index (χ3v) is 2.79. The SMILES string of the molecule is CC.O=[N+]([O-])c1ccc(S(=O)(=O)Cl)c(O)c1. The van der Waals surface area contributed by atoms with Gasteiger partial charge in [0.15, 0.2) is 0 Å². The summed E-state index contributed by atoms with van der Waals surface area (Å²) in [7, 11) is 0.862. The zero-order valence-electron chi connectivity index (χ0n) is 8.55. The van der Waals surface area contributed by atoms with Gasteiger partial charge in [-0.2, -0.15) is 0 Å². The third kappa shape index (κ3) is 3.67. The Morgan fingerprint density at radius 3 is 2.19 bits per heavy atom. The maximum Gasteiger partial charge on any atom is 0.273 e. The summed E-state index contributed by atoms with van der Waals surface area (Å²) >= 11 is 0. The van der Waals surface area contributed by atoms with Crippen molar-refractivity contribution in [1.29, 1.82) is 0 Å². The number of non-ortho nitro benzene ring substituents is 1. The summed E-state index contributed by atoms with van der Waals surface area (Å²) in [6.07, 6.45) is 0. The zero-order chi connectivity index (χ0) is 12.9. The molecule has 0 fully saturated rings. The largest absolute Gasteiger partial charge is 0.506 e. The number of hydrogen-bond acceptors (Lipinski definition) is 5. The number of phenols is 1. The smallest absolute Gasteiger partial charge is 0.273 e. The van der Waals surface area contributed by atoms with E-state index in [1.807, 2.05) is 13.8 Å². The summed E-state index contributed by atoms with van der Waals surface area (Å²) in [6.45, 7) is 4.00. The molecule has 1 rings (SSSR count). The van der Waals surface area contributed by atoms with Crippen LogP contribution in [0.1, 0.15) is 13.8 Å². The first kappa shape index (κ1) is 14.7. The van der Waals surface area contributed by atoms with Gasteiger partial charge in [-0.1, -0.05) is 13.8 Å². The van der Waals surface area contributed by atoms with Crippen LogP contribution in [0.15, 0.2) is 23.1 Å². The quantitative estimate of drug-likeness (QED) is 0.503. The van der Waals surface area contributed by atoms with Crippen molar-refractivity contribution in [2.75, 3.05) is 0 Å². The highest BCUT2D eigenvalue weighted by molar-refractivity contribution is 8.13. The Hall–Kier alpha value is -1.34. The molecule has 0 radical (unpaired) electrons. The molecule has 0 unspecified atom stereocenters. The van der Waals surface area contributed by atoms with Crippen molar-refractivity contribution >= 4 is 25.4 Å². The van der Waals surface area contributed by atoms with E-state index in [0.717, 1.165) is 18.2 Å². The lowest BCUT2D eigenvalue weighted by Crippen LogP contribution is -1.93. The van der Waals surface area contributed by atoms with Crippen molar-refractivity contribution < 1.29 is 18.4 Å². The number of phenolic OH excluding ortho intramolecular Hbond substituents is 1. The van der Waals surface area contributed by atoms with Crippen LogP contribution in [0.5, 0.6) is 5.75 Å². The summed E-state index contributed by atoms with van der Waals surface area (Å²) in [4.78, 5) is 8.92. The zero-order valence-corrected chi connectivity index (χ0v) is 10.1. The second-order valence-corrected chi connectivity index (χ2v) is 4.88. The molecule has 0 heterocycles. The lowest BCUT2D eigenvalue weighted by atomic mass is 10.3. The van der Waals surface area contributed by atoms with Gasteiger partial charge in [-0.25, -0.2) is 8.42 Å². The third-order valence-electron chi connectivity index (χ3n) is 1.42. The molecule has 6 nitrogen and oxygen atoms in total. The molecule has 0 saturated heterocycles. The van der Waals surface area contributed by atoms with E-state index < -0.39 is 30.3 Å². The molecule has 0 spiro atoms. The van der Waals surface area contributed by atoms with Crippen LogP contribution in [0.25, 0.3) is 0 Å². The van der Waals surface area contributed by atoms with Gasteiger partial charge < -0.3 is 5.11 Å². The van der Waals surface area contributed by atoms with Crippen LogP contribution in [0.3, 0.4) is 0 Å². The van der Waals surface area contributed by atoms with E-state index in [9.17, 15) is 18.5 Å². The normalized spacial score (nSPS) is 10.2. The van der Waals surface area contributed by atoms with Crippen molar-refractivity contribution in [1.82, 2.24) is 0 Å². The molecule has 0 aliphatic carbocycles. The van der Waals surface area contributed by atoms with Crippen LogP contribution in [0.4, 0.5) is 5.69 Å². The van der Waals surface area contributed by atoms with Gasteiger partial charge in [0.2, 0.25) is 0 Å². The first-order chi connectivity index (χ1) is 7.32. The Morgan fingerprint density at radius 2 is 1.88 bits per heavy atom. The first-order valence-electron chi connectivity index (χ1n) is 4.24. The molecule has 0 aliphatic rings. The lowest BCUT2D eigenvalue weighted by molar-refractivity contribution is -0.385. The van der Waals surface area contributed by atoms with Crippen LogP contribution in [-0.4, -0.2) is 18.4 Å². The van der Waals surface area contributed by atoms with Gasteiger partial charge in [-0.15, -0.1) is 0 Å². The molecule has 0 bridgehead atoms. The molecular formula is C8H10ClNO5S. The minimum absolute atomic E-state index is 0.411.